The van der Waals surface area contributed by atoms with Gasteiger partial charge in [-0.2, -0.15) is 5.10 Å². The number of methoxy groups -OCH3 is 1. The van der Waals surface area contributed by atoms with Gasteiger partial charge < -0.3 is 15.0 Å². The second kappa shape index (κ2) is 10.6. The number of carbonyl (C=O) groups is 1. The topological polar surface area (TPSA) is 59.4 Å². The fourth-order valence-electron chi connectivity index (χ4n) is 3.52. The third kappa shape index (κ3) is 5.38. The van der Waals surface area contributed by atoms with E-state index in [9.17, 15) is 4.79 Å². The third-order valence-electron chi connectivity index (χ3n) is 5.20. The molecule has 170 valence electrons. The summed E-state index contributed by atoms with van der Waals surface area (Å²) in [4.78, 5) is 15.1. The van der Waals surface area contributed by atoms with Crippen molar-refractivity contribution >= 4 is 40.7 Å². The first-order valence-electron chi connectivity index (χ1n) is 9.97. The van der Waals surface area contributed by atoms with E-state index in [1.807, 2.05) is 49.3 Å². The maximum atomic E-state index is 13.0. The molecule has 0 aliphatic rings. The highest BCUT2D eigenvalue weighted by atomic mass is 35.5. The number of likely N-dealkylation sites (N-methyl/N-ethyl adjacent to an activating group) is 1. The first-order chi connectivity index (χ1) is 15.2. The lowest BCUT2D eigenvalue weighted by Crippen LogP contribution is -2.35. The predicted octanol–water partition coefficient (Wildman–Crippen LogP) is 5.24. The molecule has 1 N–H and O–H groups in total. The number of hydrogen-bond acceptors (Lipinski definition) is 4. The standard InChI is InChI=1S/C23H25Cl3N4O2/c1-14-21(22(26)30(28-14)13-15-9-10-16(24)11-18(15)25)23(31)27-12-19(29(2)3)17-7-5-6-8-20(17)32-4/h5-11,19H,12-13H2,1-4H3,(H,27,31)/t19-/m0/s1. The van der Waals surface area contributed by atoms with Gasteiger partial charge >= 0.3 is 0 Å². The fraction of sp³-hybridized carbons (Fsp3) is 0.304. The van der Waals surface area contributed by atoms with E-state index in [-0.39, 0.29) is 17.1 Å². The van der Waals surface area contributed by atoms with Crippen molar-refractivity contribution in [2.75, 3.05) is 27.7 Å². The van der Waals surface area contributed by atoms with Crippen LogP contribution in [0.1, 0.15) is 33.2 Å². The van der Waals surface area contributed by atoms with Crippen molar-refractivity contribution in [3.63, 3.8) is 0 Å². The summed E-state index contributed by atoms with van der Waals surface area (Å²) in [5.41, 5.74) is 2.66. The molecule has 1 aromatic heterocycles. The van der Waals surface area contributed by atoms with Gasteiger partial charge in [0.15, 0.2) is 0 Å². The predicted molar refractivity (Wildman–Crippen MR) is 129 cm³/mol. The lowest BCUT2D eigenvalue weighted by Gasteiger charge is -2.26. The molecule has 0 spiro atoms. The van der Waals surface area contributed by atoms with Crippen LogP contribution < -0.4 is 10.1 Å². The average molecular weight is 496 g/mol. The molecule has 0 aliphatic carbocycles. The van der Waals surface area contributed by atoms with Gasteiger partial charge in [0.2, 0.25) is 0 Å². The molecule has 3 rings (SSSR count). The van der Waals surface area contributed by atoms with Gasteiger partial charge in [-0.05, 0) is 44.8 Å². The zero-order valence-corrected chi connectivity index (χ0v) is 20.6. The summed E-state index contributed by atoms with van der Waals surface area (Å²) in [5, 5.41) is 8.75. The maximum Gasteiger partial charge on any atom is 0.256 e. The first kappa shape index (κ1) is 24.4. The van der Waals surface area contributed by atoms with Crippen LogP contribution in [0.5, 0.6) is 5.75 Å². The molecule has 1 heterocycles. The number of nitrogens with one attached hydrogen (secondary N) is 1. The van der Waals surface area contributed by atoms with E-state index in [0.717, 1.165) is 16.9 Å². The highest BCUT2D eigenvalue weighted by Crippen LogP contribution is 2.28. The van der Waals surface area contributed by atoms with Crippen LogP contribution in [0.2, 0.25) is 15.2 Å². The summed E-state index contributed by atoms with van der Waals surface area (Å²) < 4.78 is 7.05. The lowest BCUT2D eigenvalue weighted by molar-refractivity contribution is 0.0941. The van der Waals surface area contributed by atoms with Crippen LogP contribution in [-0.4, -0.2) is 48.3 Å². The number of aryl methyl sites for hydroxylation is 1. The summed E-state index contributed by atoms with van der Waals surface area (Å²) in [6, 6.07) is 12.9. The molecule has 2 aromatic carbocycles. The number of ether oxygens (including phenoxy) is 1. The minimum absolute atomic E-state index is 0.0860. The Labute approximate surface area is 203 Å². The average Bonchev–Trinajstić information content (AvgIpc) is 3.03. The van der Waals surface area contributed by atoms with Crippen molar-refractivity contribution in [1.29, 1.82) is 0 Å². The number of benzene rings is 2. The zero-order chi connectivity index (χ0) is 23.4. The molecule has 0 fully saturated rings. The summed E-state index contributed by atoms with van der Waals surface area (Å²) in [5.74, 6) is 0.477. The van der Waals surface area contributed by atoms with Gasteiger partial charge in [-0.25, -0.2) is 4.68 Å². The molecule has 0 saturated carbocycles. The number of nitrogens with zero attached hydrogens (tertiary/aromatic N) is 3. The van der Waals surface area contributed by atoms with Crippen molar-refractivity contribution in [3.8, 4) is 5.75 Å². The number of halogens is 3. The molecule has 0 radical (unpaired) electrons. The number of aromatic nitrogens is 2. The fourth-order valence-corrected chi connectivity index (χ4v) is 4.31. The van der Waals surface area contributed by atoms with Gasteiger partial charge in [0.05, 0.1) is 31.0 Å². The maximum absolute atomic E-state index is 13.0. The van der Waals surface area contributed by atoms with Crippen molar-refractivity contribution < 1.29 is 9.53 Å². The van der Waals surface area contributed by atoms with Crippen molar-refractivity contribution in [1.82, 2.24) is 20.0 Å². The van der Waals surface area contributed by atoms with E-state index in [1.165, 1.54) is 0 Å². The highest BCUT2D eigenvalue weighted by molar-refractivity contribution is 6.35. The van der Waals surface area contributed by atoms with Crippen LogP contribution in [0.25, 0.3) is 0 Å². The minimum Gasteiger partial charge on any atom is -0.496 e. The molecule has 0 aliphatic heterocycles. The zero-order valence-electron chi connectivity index (χ0n) is 18.3. The number of carbonyl (C=O) groups excluding carboxylic acids is 1. The largest absolute Gasteiger partial charge is 0.496 e. The Hall–Kier alpha value is -2.25. The molecule has 0 unspecified atom stereocenters. The summed E-state index contributed by atoms with van der Waals surface area (Å²) in [6.45, 7) is 2.45. The Bertz CT molecular complexity index is 1110. The number of para-hydroxylation sites is 1. The Morgan fingerprint density at radius 3 is 2.56 bits per heavy atom. The van der Waals surface area contributed by atoms with Crippen molar-refractivity contribution in [2.24, 2.45) is 0 Å². The molecule has 32 heavy (non-hydrogen) atoms. The SMILES string of the molecule is COc1ccccc1[C@H](CNC(=O)c1c(C)nn(Cc2ccc(Cl)cc2Cl)c1Cl)N(C)C. The van der Waals surface area contributed by atoms with Crippen LogP contribution in [-0.2, 0) is 6.54 Å². The van der Waals surface area contributed by atoms with Crippen LogP contribution >= 0.6 is 34.8 Å². The first-order valence-corrected chi connectivity index (χ1v) is 11.1. The normalized spacial score (nSPS) is 12.1. The molecule has 1 atom stereocenters. The number of rotatable bonds is 8. The monoisotopic (exact) mass is 494 g/mol. The van der Waals surface area contributed by atoms with Crippen LogP contribution in [0.15, 0.2) is 42.5 Å². The Kier molecular flexibility index (Phi) is 8.06. The summed E-state index contributed by atoms with van der Waals surface area (Å²) >= 11 is 18.8. The second-order valence-corrected chi connectivity index (χ2v) is 8.78. The van der Waals surface area contributed by atoms with Crippen molar-refractivity contribution in [2.45, 2.75) is 19.5 Å². The van der Waals surface area contributed by atoms with E-state index in [4.69, 9.17) is 39.5 Å². The third-order valence-corrected chi connectivity index (χ3v) is 6.18. The van der Waals surface area contributed by atoms with Gasteiger partial charge in [-0.1, -0.05) is 59.1 Å². The Balaban J connectivity index is 1.79. The van der Waals surface area contributed by atoms with E-state index >= 15 is 0 Å². The van der Waals surface area contributed by atoms with E-state index in [2.05, 4.69) is 10.4 Å². The molecule has 1 amide bonds. The minimum atomic E-state index is -0.289. The lowest BCUT2D eigenvalue weighted by atomic mass is 10.0. The summed E-state index contributed by atoms with van der Waals surface area (Å²) in [6.07, 6.45) is 0. The molecular weight excluding hydrogens is 471 g/mol. The number of hydrogen-bond donors (Lipinski definition) is 1. The number of amides is 1. The van der Waals surface area contributed by atoms with Crippen molar-refractivity contribution in [3.05, 3.63) is 80.0 Å². The molecule has 6 nitrogen and oxygen atoms in total. The van der Waals surface area contributed by atoms with Gasteiger partial charge in [-0.3, -0.25) is 4.79 Å². The van der Waals surface area contributed by atoms with Gasteiger partial charge in [0.1, 0.15) is 10.9 Å². The molecular formula is C23H25Cl3N4O2. The summed E-state index contributed by atoms with van der Waals surface area (Å²) in [7, 11) is 5.54. The Morgan fingerprint density at radius 1 is 1.19 bits per heavy atom. The smallest absolute Gasteiger partial charge is 0.256 e. The van der Waals surface area contributed by atoms with Crippen LogP contribution in [0, 0.1) is 6.92 Å². The molecule has 0 bridgehead atoms. The van der Waals surface area contributed by atoms with Gasteiger partial charge in [0.25, 0.3) is 5.91 Å². The van der Waals surface area contributed by atoms with Crippen LogP contribution in [0.3, 0.4) is 0 Å². The molecule has 0 saturated heterocycles. The van der Waals surface area contributed by atoms with Gasteiger partial charge in [-0.15, -0.1) is 0 Å². The second-order valence-electron chi connectivity index (χ2n) is 7.58. The quantitative estimate of drug-likeness (QED) is 0.464. The molecule has 9 heteroatoms. The molecule has 3 aromatic rings. The van der Waals surface area contributed by atoms with E-state index < -0.39 is 0 Å². The van der Waals surface area contributed by atoms with E-state index in [0.29, 0.717) is 34.4 Å². The van der Waals surface area contributed by atoms with E-state index in [1.54, 1.807) is 30.8 Å². The highest BCUT2D eigenvalue weighted by Gasteiger charge is 2.24. The Morgan fingerprint density at radius 2 is 1.91 bits per heavy atom. The van der Waals surface area contributed by atoms with Gasteiger partial charge in [0, 0.05) is 22.2 Å². The van der Waals surface area contributed by atoms with Crippen LogP contribution in [0.4, 0.5) is 0 Å².